The lowest BCUT2D eigenvalue weighted by molar-refractivity contribution is 0.0134. The van der Waals surface area contributed by atoms with E-state index in [-0.39, 0.29) is 18.0 Å². The Balaban J connectivity index is 5.86. The lowest BCUT2D eigenvalue weighted by Crippen LogP contribution is -2.66. The maximum Gasteiger partial charge on any atom is 0.164 e. The molecule has 3 atom stereocenters. The third kappa shape index (κ3) is 3.92. The molecule has 0 saturated carbocycles. The lowest BCUT2D eigenvalue weighted by Gasteiger charge is -2.48. The number of hydrogen-bond donors (Lipinski definition) is 1. The Morgan fingerprint density at radius 2 is 1.30 bits per heavy atom. The van der Waals surface area contributed by atoms with Crippen LogP contribution in [0.4, 0.5) is 0 Å². The number of hydrogen-bond acceptors (Lipinski definition) is 5. The normalized spacial score (nSPS) is 19.8. The maximum absolute atomic E-state index is 9.72. The molecule has 118 valence electrons. The van der Waals surface area contributed by atoms with Crippen molar-refractivity contribution in [1.82, 2.24) is 14.7 Å². The Morgan fingerprint density at radius 1 is 0.950 bits per heavy atom. The van der Waals surface area contributed by atoms with Crippen LogP contribution in [0.5, 0.6) is 0 Å². The van der Waals surface area contributed by atoms with Crippen LogP contribution in [0.2, 0.25) is 0 Å². The van der Waals surface area contributed by atoms with Gasteiger partial charge in [-0.1, -0.05) is 13.8 Å². The van der Waals surface area contributed by atoms with Gasteiger partial charge in [0.25, 0.3) is 0 Å². The predicted octanol–water partition coefficient (Wildman–Crippen LogP) is 1.02. The van der Waals surface area contributed by atoms with Gasteiger partial charge in [0, 0.05) is 18.0 Å². The van der Waals surface area contributed by atoms with Gasteiger partial charge >= 0.3 is 0 Å². The van der Waals surface area contributed by atoms with Crippen molar-refractivity contribution in [2.24, 2.45) is 11.7 Å². The molecule has 0 heterocycles. The fourth-order valence-electron chi connectivity index (χ4n) is 3.20. The van der Waals surface area contributed by atoms with E-state index in [1.807, 2.05) is 19.0 Å². The van der Waals surface area contributed by atoms with E-state index in [0.29, 0.717) is 0 Å². The van der Waals surface area contributed by atoms with E-state index in [2.05, 4.69) is 57.9 Å². The second-order valence-electron chi connectivity index (χ2n) is 6.24. The summed E-state index contributed by atoms with van der Waals surface area (Å²) in [6.07, 6.45) is 1.94. The Morgan fingerprint density at radius 3 is 1.45 bits per heavy atom. The van der Waals surface area contributed by atoms with Crippen LogP contribution in [0.25, 0.3) is 0 Å². The summed E-state index contributed by atoms with van der Waals surface area (Å²) in [5.41, 5.74) is 5.55. The third-order valence-corrected chi connectivity index (χ3v) is 4.42. The first-order valence-corrected chi connectivity index (χ1v) is 7.37. The van der Waals surface area contributed by atoms with Crippen molar-refractivity contribution in [2.75, 3.05) is 42.3 Å². The molecule has 0 fully saturated rings. The van der Waals surface area contributed by atoms with Crippen molar-refractivity contribution in [2.45, 2.75) is 44.4 Å². The molecule has 5 nitrogen and oxygen atoms in total. The van der Waals surface area contributed by atoms with Crippen LogP contribution in [-0.4, -0.2) is 74.7 Å². The van der Waals surface area contributed by atoms with E-state index < -0.39 is 5.66 Å². The van der Waals surface area contributed by atoms with Crippen molar-refractivity contribution in [3.05, 3.63) is 0 Å². The van der Waals surface area contributed by atoms with Crippen molar-refractivity contribution in [1.29, 1.82) is 5.26 Å². The molecule has 20 heavy (non-hydrogen) atoms. The molecule has 0 radical (unpaired) electrons. The molecule has 2 N–H and O–H groups in total. The molecule has 0 bridgehead atoms. The molecule has 0 rings (SSSR count). The molecule has 0 aromatic heterocycles. The highest BCUT2D eigenvalue weighted by Gasteiger charge is 2.47. The van der Waals surface area contributed by atoms with Crippen LogP contribution in [0, 0.1) is 17.2 Å². The van der Waals surface area contributed by atoms with Crippen molar-refractivity contribution >= 4 is 0 Å². The summed E-state index contributed by atoms with van der Waals surface area (Å²) in [5.74, 6) is 0.0440. The molecule has 0 saturated heterocycles. The highest BCUT2D eigenvalue weighted by atomic mass is 15.3. The Labute approximate surface area is 125 Å². The quantitative estimate of drug-likeness (QED) is 0.674. The van der Waals surface area contributed by atoms with E-state index in [1.54, 1.807) is 0 Å². The van der Waals surface area contributed by atoms with Gasteiger partial charge in [0.05, 0.1) is 0 Å². The summed E-state index contributed by atoms with van der Waals surface area (Å²) >= 11 is 0. The maximum atomic E-state index is 9.72. The van der Waals surface area contributed by atoms with Crippen molar-refractivity contribution < 1.29 is 0 Å². The summed E-state index contributed by atoms with van der Waals surface area (Å²) in [6, 6.07) is 2.89. The number of nitrogens with zero attached hydrogens (tertiary/aromatic N) is 4. The average molecular weight is 283 g/mol. The van der Waals surface area contributed by atoms with Crippen LogP contribution in [0.15, 0.2) is 0 Å². The molecule has 0 amide bonds. The summed E-state index contributed by atoms with van der Waals surface area (Å²) in [6.45, 7) is 4.32. The van der Waals surface area contributed by atoms with E-state index >= 15 is 0 Å². The van der Waals surface area contributed by atoms with Gasteiger partial charge in [-0.2, -0.15) is 5.26 Å². The van der Waals surface area contributed by atoms with Gasteiger partial charge in [0.15, 0.2) is 5.66 Å². The molecule has 3 unspecified atom stereocenters. The predicted molar refractivity (Wildman–Crippen MR) is 85.2 cm³/mol. The largest absolute Gasteiger partial charge is 0.306 e. The van der Waals surface area contributed by atoms with Crippen LogP contribution < -0.4 is 5.73 Å². The van der Waals surface area contributed by atoms with Gasteiger partial charge < -0.3 is 15.5 Å². The minimum absolute atomic E-state index is 0.0440. The molecule has 0 aliphatic carbocycles. The molecule has 0 aliphatic heterocycles. The van der Waals surface area contributed by atoms with E-state index in [9.17, 15) is 5.26 Å². The molecule has 5 heteroatoms. The minimum Gasteiger partial charge on any atom is -0.306 e. The summed E-state index contributed by atoms with van der Waals surface area (Å²) in [4.78, 5) is 6.24. The zero-order chi connectivity index (χ0) is 16.1. The lowest BCUT2D eigenvalue weighted by atomic mass is 9.77. The van der Waals surface area contributed by atoms with Gasteiger partial charge in [-0.05, 0) is 55.1 Å². The zero-order valence-corrected chi connectivity index (χ0v) is 14.5. The van der Waals surface area contributed by atoms with Crippen LogP contribution >= 0.6 is 0 Å². The summed E-state index contributed by atoms with van der Waals surface area (Å²) in [5, 5.41) is 9.72. The fourth-order valence-corrected chi connectivity index (χ4v) is 3.20. The van der Waals surface area contributed by atoms with Crippen LogP contribution in [0.1, 0.15) is 26.7 Å². The highest BCUT2D eigenvalue weighted by molar-refractivity contribution is 5.12. The first-order chi connectivity index (χ1) is 9.17. The smallest absolute Gasteiger partial charge is 0.164 e. The number of nitriles is 1. The van der Waals surface area contributed by atoms with Gasteiger partial charge in [0.2, 0.25) is 0 Å². The first-order valence-electron chi connectivity index (χ1n) is 7.37. The molecule has 0 aromatic carbocycles. The Kier molecular flexibility index (Phi) is 7.67. The molecule has 0 aromatic rings. The number of nitrogens with two attached hydrogens (primary N) is 1. The second kappa shape index (κ2) is 7.94. The molecular formula is C15H33N5. The summed E-state index contributed by atoms with van der Waals surface area (Å²) < 4.78 is 0. The Bertz CT molecular complexity index is 305. The van der Waals surface area contributed by atoms with Crippen LogP contribution in [0.3, 0.4) is 0 Å². The summed E-state index contributed by atoms with van der Waals surface area (Å²) in [7, 11) is 12.0. The number of rotatable bonds is 8. The standard InChI is InChI=1S/C15H33N5/c1-9-12(18(3)4)14(13(10-2)19(5)6)15(17,11-16)20(7)8/h12-14H,9-10,17H2,1-8H3. The van der Waals surface area contributed by atoms with E-state index in [4.69, 9.17) is 5.73 Å². The average Bonchev–Trinajstić information content (AvgIpc) is 2.36. The van der Waals surface area contributed by atoms with Crippen LogP contribution in [-0.2, 0) is 0 Å². The molecular weight excluding hydrogens is 250 g/mol. The van der Waals surface area contributed by atoms with Crippen molar-refractivity contribution in [3.63, 3.8) is 0 Å². The zero-order valence-electron chi connectivity index (χ0n) is 14.5. The van der Waals surface area contributed by atoms with Gasteiger partial charge in [-0.3, -0.25) is 4.90 Å². The highest BCUT2D eigenvalue weighted by Crippen LogP contribution is 2.31. The van der Waals surface area contributed by atoms with Gasteiger partial charge in [0.1, 0.15) is 6.07 Å². The third-order valence-electron chi connectivity index (χ3n) is 4.42. The van der Waals surface area contributed by atoms with Gasteiger partial charge in [-0.25, -0.2) is 0 Å². The van der Waals surface area contributed by atoms with Crippen molar-refractivity contribution in [3.8, 4) is 6.07 Å². The van der Waals surface area contributed by atoms with E-state index in [1.165, 1.54) is 0 Å². The topological polar surface area (TPSA) is 59.5 Å². The molecule has 0 spiro atoms. The van der Waals surface area contributed by atoms with Gasteiger partial charge in [-0.15, -0.1) is 0 Å². The minimum atomic E-state index is -0.976. The first kappa shape index (κ1) is 19.3. The fraction of sp³-hybridized carbons (Fsp3) is 0.933. The second-order valence-corrected chi connectivity index (χ2v) is 6.24. The molecule has 0 aliphatic rings. The van der Waals surface area contributed by atoms with E-state index in [0.717, 1.165) is 12.8 Å². The Hall–Kier alpha value is -0.670. The monoisotopic (exact) mass is 283 g/mol. The SMILES string of the molecule is CCC(C(C(CC)N(C)C)C(N)(C#N)N(C)C)N(C)C.